The molecule has 0 bridgehead atoms. The van der Waals surface area contributed by atoms with E-state index in [0.717, 1.165) is 27.8 Å². The lowest BCUT2D eigenvalue weighted by Gasteiger charge is -2.13. The Morgan fingerprint density at radius 1 is 0.463 bits per heavy atom. The van der Waals surface area contributed by atoms with Crippen LogP contribution in [0.4, 0.5) is 0 Å². The first kappa shape index (κ1) is 23.3. The maximum absolute atomic E-state index is 10.3. The van der Waals surface area contributed by atoms with E-state index in [1.165, 1.54) is 43.8 Å². The van der Waals surface area contributed by atoms with Crippen LogP contribution in [-0.4, -0.2) is 9.13 Å². The Labute approximate surface area is 237 Å². The summed E-state index contributed by atoms with van der Waals surface area (Å²) in [6.07, 6.45) is 0. The lowest BCUT2D eigenvalue weighted by molar-refractivity contribution is 1.15. The van der Waals surface area contributed by atoms with Gasteiger partial charge in [0.25, 0.3) is 0 Å². The van der Waals surface area contributed by atoms with Gasteiger partial charge in [0.05, 0.1) is 33.3 Å². The Bertz CT molecular complexity index is 2290. The van der Waals surface area contributed by atoms with Gasteiger partial charge in [-0.2, -0.15) is 5.26 Å². The molecule has 0 saturated heterocycles. The van der Waals surface area contributed by atoms with Crippen LogP contribution < -0.4 is 0 Å². The molecule has 2 heterocycles. The smallest absolute Gasteiger partial charge is 0.101 e. The summed E-state index contributed by atoms with van der Waals surface area (Å²) in [5.41, 5.74) is 10.7. The number of rotatable bonds is 3. The van der Waals surface area contributed by atoms with Gasteiger partial charge < -0.3 is 9.13 Å². The van der Waals surface area contributed by atoms with Crippen LogP contribution in [0.25, 0.3) is 66.1 Å². The fraction of sp³-hybridized carbons (Fsp3) is 0.0263. The molecule has 3 heteroatoms. The van der Waals surface area contributed by atoms with E-state index in [0.29, 0.717) is 5.56 Å². The second kappa shape index (κ2) is 8.98. The van der Waals surface area contributed by atoms with Crippen molar-refractivity contribution in [2.75, 3.05) is 0 Å². The molecule has 0 fully saturated rings. The molecule has 0 aliphatic heterocycles. The SMILES string of the molecule is Cc1ccccc1-n1c2ccccc2c2cc(-c3ccc(-n4c5ccccc5c5ccccc54)c(C#N)c3)ccc21. The molecule has 0 radical (unpaired) electrons. The molecule has 0 amide bonds. The van der Waals surface area contributed by atoms with Crippen LogP contribution in [0.2, 0.25) is 0 Å². The van der Waals surface area contributed by atoms with Crippen LogP contribution in [0.15, 0.2) is 133 Å². The maximum atomic E-state index is 10.3. The average molecular weight is 524 g/mol. The summed E-state index contributed by atoms with van der Waals surface area (Å²) in [6, 6.07) is 49.3. The van der Waals surface area contributed by atoms with Crippen LogP contribution in [0.1, 0.15) is 11.1 Å². The van der Waals surface area contributed by atoms with Crippen molar-refractivity contribution in [1.29, 1.82) is 5.26 Å². The third kappa shape index (κ3) is 3.45. The molecular weight excluding hydrogens is 498 g/mol. The number of hydrogen-bond donors (Lipinski definition) is 0. The summed E-state index contributed by atoms with van der Waals surface area (Å²) in [7, 11) is 0. The predicted molar refractivity (Wildman–Crippen MR) is 170 cm³/mol. The summed E-state index contributed by atoms with van der Waals surface area (Å²) < 4.78 is 4.57. The van der Waals surface area contributed by atoms with Crippen LogP contribution in [-0.2, 0) is 0 Å². The predicted octanol–water partition coefficient (Wildman–Crippen LogP) is 9.73. The second-order valence-corrected chi connectivity index (χ2v) is 10.6. The molecule has 3 nitrogen and oxygen atoms in total. The second-order valence-electron chi connectivity index (χ2n) is 10.6. The van der Waals surface area contributed by atoms with Gasteiger partial charge in [-0.25, -0.2) is 0 Å². The van der Waals surface area contributed by atoms with E-state index in [1.54, 1.807) is 0 Å². The lowest BCUT2D eigenvalue weighted by Crippen LogP contribution is -1.98. The van der Waals surface area contributed by atoms with E-state index >= 15 is 0 Å². The highest BCUT2D eigenvalue weighted by Gasteiger charge is 2.17. The molecule has 0 N–H and O–H groups in total. The first-order valence-corrected chi connectivity index (χ1v) is 13.9. The van der Waals surface area contributed by atoms with Gasteiger partial charge >= 0.3 is 0 Å². The summed E-state index contributed by atoms with van der Waals surface area (Å²) in [4.78, 5) is 0. The van der Waals surface area contributed by atoms with E-state index in [-0.39, 0.29) is 0 Å². The maximum Gasteiger partial charge on any atom is 0.101 e. The summed E-state index contributed by atoms with van der Waals surface area (Å²) >= 11 is 0. The summed E-state index contributed by atoms with van der Waals surface area (Å²) in [6.45, 7) is 2.16. The highest BCUT2D eigenvalue weighted by Crippen LogP contribution is 2.37. The third-order valence-electron chi connectivity index (χ3n) is 8.30. The van der Waals surface area contributed by atoms with Gasteiger partial charge in [0.15, 0.2) is 0 Å². The van der Waals surface area contributed by atoms with Crippen LogP contribution in [0.3, 0.4) is 0 Å². The molecule has 0 spiro atoms. The van der Waals surface area contributed by atoms with Crippen LogP contribution >= 0.6 is 0 Å². The zero-order valence-corrected chi connectivity index (χ0v) is 22.5. The molecule has 6 aromatic carbocycles. The standard InChI is InChI=1S/C38H25N3/c1-25-10-2-6-14-33(25)40-37-17-9-5-13-31(37)32-23-27(19-21-38(32)40)26-18-20-34(28(22-26)24-39)41-35-15-7-3-11-29(35)30-12-4-8-16-36(30)41/h2-23H,1H3. The van der Waals surface area contributed by atoms with Crippen LogP contribution in [0.5, 0.6) is 0 Å². The van der Waals surface area contributed by atoms with Gasteiger partial charge in [-0.15, -0.1) is 0 Å². The zero-order chi connectivity index (χ0) is 27.5. The number of hydrogen-bond acceptors (Lipinski definition) is 1. The minimum Gasteiger partial charge on any atom is -0.309 e. The molecule has 192 valence electrons. The number of para-hydroxylation sites is 4. The third-order valence-corrected chi connectivity index (χ3v) is 8.30. The normalized spacial score (nSPS) is 11.5. The average Bonchev–Trinajstić information content (AvgIpc) is 3.54. The molecule has 8 rings (SSSR count). The van der Waals surface area contributed by atoms with E-state index < -0.39 is 0 Å². The van der Waals surface area contributed by atoms with Gasteiger partial charge in [0, 0.05) is 27.2 Å². The van der Waals surface area contributed by atoms with E-state index in [2.05, 4.69) is 150 Å². The van der Waals surface area contributed by atoms with Crippen molar-refractivity contribution < 1.29 is 0 Å². The Morgan fingerprint density at radius 3 is 1.59 bits per heavy atom. The molecule has 0 saturated carbocycles. The molecule has 0 unspecified atom stereocenters. The molecule has 2 aromatic heterocycles. The van der Waals surface area contributed by atoms with Crippen molar-refractivity contribution in [3.05, 3.63) is 145 Å². The van der Waals surface area contributed by atoms with Crippen molar-refractivity contribution >= 4 is 43.6 Å². The fourth-order valence-electron chi connectivity index (χ4n) is 6.41. The molecule has 0 aliphatic carbocycles. The van der Waals surface area contributed by atoms with Crippen LogP contribution in [0, 0.1) is 18.3 Å². The molecule has 41 heavy (non-hydrogen) atoms. The summed E-state index contributed by atoms with van der Waals surface area (Å²) in [5.74, 6) is 0. The van der Waals surface area contributed by atoms with E-state index in [1.807, 2.05) is 6.07 Å². The number of nitriles is 1. The molecule has 8 aromatic rings. The summed E-state index contributed by atoms with van der Waals surface area (Å²) in [5, 5.41) is 15.1. The number of aromatic nitrogens is 2. The van der Waals surface area contributed by atoms with Crippen molar-refractivity contribution in [2.45, 2.75) is 6.92 Å². The number of nitrogens with zero attached hydrogens (tertiary/aromatic N) is 3. The molecule has 0 atom stereocenters. The fourth-order valence-corrected chi connectivity index (χ4v) is 6.41. The molecular formula is C38H25N3. The Morgan fingerprint density at radius 2 is 0.951 bits per heavy atom. The molecule has 0 aliphatic rings. The van der Waals surface area contributed by atoms with E-state index in [4.69, 9.17) is 0 Å². The number of fused-ring (bicyclic) bond motifs is 6. The minimum atomic E-state index is 0.649. The van der Waals surface area contributed by atoms with Crippen molar-refractivity contribution in [1.82, 2.24) is 9.13 Å². The topological polar surface area (TPSA) is 33.6 Å². The van der Waals surface area contributed by atoms with Crippen molar-refractivity contribution in [3.63, 3.8) is 0 Å². The number of benzene rings is 6. The Balaban J connectivity index is 1.33. The minimum absolute atomic E-state index is 0.649. The van der Waals surface area contributed by atoms with Gasteiger partial charge in [-0.3, -0.25) is 0 Å². The highest BCUT2D eigenvalue weighted by molar-refractivity contribution is 6.11. The Hall–Kier alpha value is -5.59. The quantitative estimate of drug-likeness (QED) is 0.227. The van der Waals surface area contributed by atoms with Gasteiger partial charge in [-0.05, 0) is 72.1 Å². The number of aryl methyl sites for hydroxylation is 1. The highest BCUT2D eigenvalue weighted by atomic mass is 15.0. The van der Waals surface area contributed by atoms with Crippen molar-refractivity contribution in [2.24, 2.45) is 0 Å². The van der Waals surface area contributed by atoms with Gasteiger partial charge in [0.2, 0.25) is 0 Å². The van der Waals surface area contributed by atoms with Gasteiger partial charge in [-0.1, -0.05) is 84.9 Å². The first-order chi connectivity index (χ1) is 20.2. The lowest BCUT2D eigenvalue weighted by atomic mass is 10.00. The monoisotopic (exact) mass is 523 g/mol. The zero-order valence-electron chi connectivity index (χ0n) is 22.5. The Kier molecular flexibility index (Phi) is 5.10. The first-order valence-electron chi connectivity index (χ1n) is 13.9. The largest absolute Gasteiger partial charge is 0.309 e. The van der Waals surface area contributed by atoms with Crippen molar-refractivity contribution in [3.8, 4) is 28.6 Å². The van der Waals surface area contributed by atoms with Gasteiger partial charge in [0.1, 0.15) is 6.07 Å². The van der Waals surface area contributed by atoms with E-state index in [9.17, 15) is 5.26 Å².